The van der Waals surface area contributed by atoms with Crippen molar-refractivity contribution in [1.29, 1.82) is 0 Å². The van der Waals surface area contributed by atoms with E-state index in [1.165, 1.54) is 23.5 Å². The summed E-state index contributed by atoms with van der Waals surface area (Å²) in [6.45, 7) is 7.39. The Hall–Kier alpha value is -3.46. The molecule has 0 amide bonds. The van der Waals surface area contributed by atoms with Gasteiger partial charge >= 0.3 is 0 Å². The van der Waals surface area contributed by atoms with Crippen molar-refractivity contribution in [2.24, 2.45) is 0 Å². The van der Waals surface area contributed by atoms with Gasteiger partial charge < -0.3 is 19.9 Å². The van der Waals surface area contributed by atoms with Crippen molar-refractivity contribution in [3.63, 3.8) is 0 Å². The van der Waals surface area contributed by atoms with Crippen LogP contribution in [-0.4, -0.2) is 47.2 Å². The molecular formula is C24H25FN6OS. The van der Waals surface area contributed by atoms with Crippen LogP contribution in [0.2, 0.25) is 0 Å². The Morgan fingerprint density at radius 3 is 2.52 bits per heavy atom. The summed E-state index contributed by atoms with van der Waals surface area (Å²) < 4.78 is 20.7. The van der Waals surface area contributed by atoms with Gasteiger partial charge in [-0.3, -0.25) is 0 Å². The molecule has 0 spiro atoms. The lowest BCUT2D eigenvalue weighted by Crippen LogP contribution is -2.47. The molecular weight excluding hydrogens is 439 g/mol. The molecule has 1 saturated heterocycles. The van der Waals surface area contributed by atoms with Gasteiger partial charge in [-0.2, -0.15) is 0 Å². The average molecular weight is 465 g/mol. The molecule has 0 aliphatic carbocycles. The largest absolute Gasteiger partial charge is 0.489 e. The average Bonchev–Trinajstić information content (AvgIpc) is 3.23. The van der Waals surface area contributed by atoms with Crippen molar-refractivity contribution >= 4 is 44.0 Å². The number of rotatable bonds is 6. The molecule has 1 aliphatic heterocycles. The molecule has 170 valence electrons. The second kappa shape index (κ2) is 9.19. The number of ether oxygens (including phenoxy) is 1. The Labute approximate surface area is 195 Å². The van der Waals surface area contributed by atoms with E-state index in [4.69, 9.17) is 9.72 Å². The minimum absolute atomic E-state index is 0.0112. The van der Waals surface area contributed by atoms with Crippen LogP contribution in [0.3, 0.4) is 0 Å². The van der Waals surface area contributed by atoms with Crippen molar-refractivity contribution in [3.8, 4) is 5.75 Å². The topological polar surface area (TPSA) is 66.4 Å². The molecule has 0 atom stereocenters. The zero-order chi connectivity index (χ0) is 22.8. The number of thiazole rings is 1. The molecule has 9 heteroatoms. The molecule has 1 aliphatic rings. The molecule has 1 fully saturated rings. The number of nitrogens with one attached hydrogen (secondary N) is 1. The van der Waals surface area contributed by atoms with E-state index in [1.807, 2.05) is 19.9 Å². The summed E-state index contributed by atoms with van der Waals surface area (Å²) in [6, 6.07) is 12.7. The minimum Gasteiger partial charge on any atom is -0.489 e. The maximum Gasteiger partial charge on any atom is 0.225 e. The van der Waals surface area contributed by atoms with Crippen LogP contribution in [0.15, 0.2) is 54.9 Å². The molecule has 33 heavy (non-hydrogen) atoms. The first-order valence-corrected chi connectivity index (χ1v) is 11.8. The van der Waals surface area contributed by atoms with Crippen LogP contribution in [0.4, 0.5) is 26.8 Å². The highest BCUT2D eigenvalue weighted by Gasteiger charge is 2.20. The Balaban J connectivity index is 1.31. The zero-order valence-electron chi connectivity index (χ0n) is 18.5. The monoisotopic (exact) mass is 464 g/mol. The number of hydrogen-bond donors (Lipinski definition) is 1. The van der Waals surface area contributed by atoms with Crippen LogP contribution in [-0.2, 0) is 0 Å². The van der Waals surface area contributed by atoms with E-state index in [1.54, 1.807) is 18.5 Å². The normalized spacial score (nSPS) is 14.2. The summed E-state index contributed by atoms with van der Waals surface area (Å²) in [6.07, 6.45) is 3.54. The zero-order valence-corrected chi connectivity index (χ0v) is 19.3. The maximum atomic E-state index is 13.9. The molecule has 0 unspecified atom stereocenters. The Morgan fingerprint density at radius 1 is 1.00 bits per heavy atom. The summed E-state index contributed by atoms with van der Waals surface area (Å²) in [5, 5.41) is 3.94. The van der Waals surface area contributed by atoms with Gasteiger partial charge in [-0.25, -0.2) is 19.3 Å². The summed E-state index contributed by atoms with van der Waals surface area (Å²) >= 11 is 1.54. The molecule has 7 nitrogen and oxygen atoms in total. The number of anilines is 4. The van der Waals surface area contributed by atoms with Gasteiger partial charge in [0.2, 0.25) is 5.95 Å². The highest BCUT2D eigenvalue weighted by Crippen LogP contribution is 2.35. The van der Waals surface area contributed by atoms with E-state index >= 15 is 0 Å². The number of nitrogens with zero attached hydrogens (tertiary/aromatic N) is 5. The molecule has 0 radical (unpaired) electrons. The van der Waals surface area contributed by atoms with Crippen molar-refractivity contribution < 1.29 is 9.13 Å². The molecule has 1 N–H and O–H groups in total. The van der Waals surface area contributed by atoms with E-state index in [-0.39, 0.29) is 11.9 Å². The predicted octanol–water partition coefficient (Wildman–Crippen LogP) is 5.08. The molecule has 3 heterocycles. The molecule has 0 bridgehead atoms. The van der Waals surface area contributed by atoms with Crippen LogP contribution in [0.25, 0.3) is 10.2 Å². The maximum absolute atomic E-state index is 13.9. The number of benzene rings is 2. The van der Waals surface area contributed by atoms with Crippen molar-refractivity contribution in [2.45, 2.75) is 20.0 Å². The minimum atomic E-state index is -0.322. The van der Waals surface area contributed by atoms with E-state index < -0.39 is 0 Å². The second-order valence-electron chi connectivity index (χ2n) is 8.13. The second-order valence-corrected chi connectivity index (χ2v) is 9.16. The highest BCUT2D eigenvalue weighted by molar-refractivity contribution is 7.22. The molecule has 5 rings (SSSR count). The van der Waals surface area contributed by atoms with E-state index in [2.05, 4.69) is 43.3 Å². The smallest absolute Gasteiger partial charge is 0.225 e. The third-order valence-corrected chi connectivity index (χ3v) is 6.35. The quantitative estimate of drug-likeness (QED) is 0.427. The Morgan fingerprint density at radius 2 is 1.76 bits per heavy atom. The summed E-state index contributed by atoms with van der Waals surface area (Å²) in [7, 11) is 0. The number of hydrogen-bond acceptors (Lipinski definition) is 8. The SMILES string of the molecule is CC(C)Oc1ccc(F)cc1Nc1nc2cc(N3CCN(c4ncccn4)CC3)ccc2s1. The van der Waals surface area contributed by atoms with E-state index in [9.17, 15) is 4.39 Å². The fourth-order valence-corrected chi connectivity index (χ4v) is 4.72. The van der Waals surface area contributed by atoms with Gasteiger partial charge in [0, 0.05) is 50.3 Å². The van der Waals surface area contributed by atoms with Gasteiger partial charge in [-0.1, -0.05) is 11.3 Å². The number of halogens is 1. The molecule has 2 aromatic carbocycles. The van der Waals surface area contributed by atoms with Gasteiger partial charge in [0.25, 0.3) is 0 Å². The van der Waals surface area contributed by atoms with Gasteiger partial charge in [0.1, 0.15) is 11.6 Å². The first kappa shape index (κ1) is 21.4. The van der Waals surface area contributed by atoms with Crippen LogP contribution in [0, 0.1) is 5.82 Å². The summed E-state index contributed by atoms with van der Waals surface area (Å²) in [4.78, 5) is 18.0. The summed E-state index contributed by atoms with van der Waals surface area (Å²) in [5.41, 5.74) is 2.63. The van der Waals surface area contributed by atoms with Crippen LogP contribution < -0.4 is 19.9 Å². The molecule has 4 aromatic rings. The standard InChI is InChI=1S/C24H25FN6OS/c1-16(2)32-21-6-4-17(25)14-19(21)28-24-29-20-15-18(5-7-22(20)33-24)30-10-12-31(13-11-30)23-26-8-3-9-27-23/h3-9,14-16H,10-13H2,1-2H3,(H,28,29). The van der Waals surface area contributed by atoms with Crippen LogP contribution in [0.1, 0.15) is 13.8 Å². The van der Waals surface area contributed by atoms with Crippen molar-refractivity contribution in [3.05, 3.63) is 60.7 Å². The number of piperazine rings is 1. The van der Waals surface area contributed by atoms with E-state index in [0.717, 1.165) is 48.0 Å². The molecule has 2 aromatic heterocycles. The van der Waals surface area contributed by atoms with Gasteiger partial charge in [-0.15, -0.1) is 0 Å². The highest BCUT2D eigenvalue weighted by atomic mass is 32.1. The van der Waals surface area contributed by atoms with Crippen LogP contribution >= 0.6 is 11.3 Å². The van der Waals surface area contributed by atoms with Crippen molar-refractivity contribution in [2.75, 3.05) is 41.3 Å². The fraction of sp³-hybridized carbons (Fsp3) is 0.292. The lowest BCUT2D eigenvalue weighted by Gasteiger charge is -2.36. The Kier molecular flexibility index (Phi) is 5.95. The third kappa shape index (κ3) is 4.83. The lowest BCUT2D eigenvalue weighted by atomic mass is 10.2. The molecule has 0 saturated carbocycles. The fourth-order valence-electron chi connectivity index (χ4n) is 3.86. The van der Waals surface area contributed by atoms with Gasteiger partial charge in [0.05, 0.1) is 22.0 Å². The summed E-state index contributed by atoms with van der Waals surface area (Å²) in [5.74, 6) is 1.06. The van der Waals surface area contributed by atoms with E-state index in [0.29, 0.717) is 16.6 Å². The van der Waals surface area contributed by atoms with Crippen LogP contribution in [0.5, 0.6) is 5.75 Å². The number of aromatic nitrogens is 3. The lowest BCUT2D eigenvalue weighted by molar-refractivity contribution is 0.243. The first-order valence-electron chi connectivity index (χ1n) is 11.0. The van der Waals surface area contributed by atoms with Gasteiger partial charge in [-0.05, 0) is 50.2 Å². The Bertz CT molecular complexity index is 1240. The first-order chi connectivity index (χ1) is 16.0. The third-order valence-electron chi connectivity index (χ3n) is 5.40. The van der Waals surface area contributed by atoms with Crippen molar-refractivity contribution in [1.82, 2.24) is 15.0 Å². The predicted molar refractivity (Wildman–Crippen MR) is 132 cm³/mol. The van der Waals surface area contributed by atoms with Gasteiger partial charge in [0.15, 0.2) is 5.13 Å². The number of fused-ring (bicyclic) bond motifs is 1.